The summed E-state index contributed by atoms with van der Waals surface area (Å²) in [6.45, 7) is 0. The van der Waals surface area contributed by atoms with Crippen molar-refractivity contribution in [2.75, 3.05) is 0 Å². The number of rotatable bonds is 2. The maximum Gasteiger partial charge on any atom is 0.416 e. The van der Waals surface area contributed by atoms with Gasteiger partial charge in [-0.25, -0.2) is 0 Å². The van der Waals surface area contributed by atoms with Crippen LogP contribution in [0.25, 0.3) is 66.1 Å². The maximum absolute atomic E-state index is 13.4. The van der Waals surface area contributed by atoms with E-state index in [1.54, 1.807) is 0 Å². The molecule has 0 fully saturated rings. The SMILES string of the molecule is FC(F)(F)c1ccc(-c2c3c(c(-c4ccc(C(F)(F)F)cc4)c4ccccc24)-c2cccc4cccc-3c24)cc1. The normalized spacial score (nSPS) is 12.8. The van der Waals surface area contributed by atoms with Crippen LogP contribution in [0.4, 0.5) is 26.3 Å². The highest BCUT2D eigenvalue weighted by molar-refractivity contribution is 6.27. The van der Waals surface area contributed by atoms with Crippen molar-refractivity contribution in [2.24, 2.45) is 0 Å². The lowest BCUT2D eigenvalue weighted by molar-refractivity contribution is -0.138. The van der Waals surface area contributed by atoms with Crippen LogP contribution < -0.4 is 0 Å². The van der Waals surface area contributed by atoms with E-state index in [1.165, 1.54) is 24.3 Å². The molecule has 196 valence electrons. The zero-order chi connectivity index (χ0) is 27.8. The van der Waals surface area contributed by atoms with Crippen molar-refractivity contribution in [1.29, 1.82) is 0 Å². The molecule has 0 unspecified atom stereocenters. The van der Waals surface area contributed by atoms with Crippen LogP contribution in [-0.4, -0.2) is 0 Å². The van der Waals surface area contributed by atoms with Crippen LogP contribution in [0.15, 0.2) is 109 Å². The van der Waals surface area contributed by atoms with E-state index in [2.05, 4.69) is 0 Å². The van der Waals surface area contributed by atoms with Crippen LogP contribution in [-0.2, 0) is 12.4 Å². The first-order valence-corrected chi connectivity index (χ1v) is 12.6. The highest BCUT2D eigenvalue weighted by Gasteiger charge is 2.33. The summed E-state index contributed by atoms with van der Waals surface area (Å²) in [4.78, 5) is 0. The number of alkyl halides is 6. The first-order chi connectivity index (χ1) is 19.1. The molecule has 6 heteroatoms. The second-order valence-corrected chi connectivity index (χ2v) is 9.91. The zero-order valence-corrected chi connectivity index (χ0v) is 20.7. The molecule has 0 atom stereocenters. The average Bonchev–Trinajstić information content (AvgIpc) is 3.26. The van der Waals surface area contributed by atoms with Crippen molar-refractivity contribution in [2.45, 2.75) is 12.4 Å². The molecule has 0 nitrogen and oxygen atoms in total. The van der Waals surface area contributed by atoms with Crippen LogP contribution in [0.3, 0.4) is 0 Å². The highest BCUT2D eigenvalue weighted by atomic mass is 19.4. The molecule has 7 rings (SSSR count). The topological polar surface area (TPSA) is 0 Å². The molecule has 0 N–H and O–H groups in total. The van der Waals surface area contributed by atoms with E-state index in [-0.39, 0.29) is 0 Å². The monoisotopic (exact) mass is 540 g/mol. The molecule has 0 saturated heterocycles. The fourth-order valence-corrected chi connectivity index (χ4v) is 5.99. The van der Waals surface area contributed by atoms with Gasteiger partial charge in [0.05, 0.1) is 11.1 Å². The number of hydrogen-bond donors (Lipinski definition) is 0. The Kier molecular flexibility index (Phi) is 5.17. The highest BCUT2D eigenvalue weighted by Crippen LogP contribution is 2.57. The Morgan fingerprint density at radius 1 is 0.375 bits per heavy atom. The Balaban J connectivity index is 1.62. The predicted octanol–water partition coefficient (Wildman–Crippen LogP) is 11.0. The van der Waals surface area contributed by atoms with E-state index in [0.29, 0.717) is 11.1 Å². The van der Waals surface area contributed by atoms with Gasteiger partial charge in [-0.15, -0.1) is 0 Å². The Bertz CT molecular complexity index is 1810. The van der Waals surface area contributed by atoms with Crippen LogP contribution >= 0.6 is 0 Å². The Morgan fingerprint density at radius 3 is 1.15 bits per heavy atom. The van der Waals surface area contributed by atoms with E-state index < -0.39 is 23.5 Å². The van der Waals surface area contributed by atoms with Crippen LogP contribution in [0.5, 0.6) is 0 Å². The lowest BCUT2D eigenvalue weighted by atomic mass is 9.82. The molecule has 0 heterocycles. The van der Waals surface area contributed by atoms with Gasteiger partial charge in [0.1, 0.15) is 0 Å². The number of benzene rings is 6. The second-order valence-electron chi connectivity index (χ2n) is 9.91. The van der Waals surface area contributed by atoms with Crippen molar-refractivity contribution in [1.82, 2.24) is 0 Å². The average molecular weight is 541 g/mol. The van der Waals surface area contributed by atoms with E-state index in [9.17, 15) is 26.3 Å². The maximum atomic E-state index is 13.4. The van der Waals surface area contributed by atoms with Crippen molar-refractivity contribution in [3.63, 3.8) is 0 Å². The molecule has 0 radical (unpaired) electrons. The van der Waals surface area contributed by atoms with Gasteiger partial charge in [0.15, 0.2) is 0 Å². The lowest BCUT2D eigenvalue weighted by Gasteiger charge is -2.21. The van der Waals surface area contributed by atoms with Gasteiger partial charge in [-0.2, -0.15) is 26.3 Å². The summed E-state index contributed by atoms with van der Waals surface area (Å²) in [7, 11) is 0. The molecular weight excluding hydrogens is 522 g/mol. The Hall–Kier alpha value is -4.58. The summed E-state index contributed by atoms with van der Waals surface area (Å²) in [5, 5.41) is 3.63. The quantitative estimate of drug-likeness (QED) is 0.191. The smallest absolute Gasteiger partial charge is 0.166 e. The first kappa shape index (κ1) is 24.5. The lowest BCUT2D eigenvalue weighted by Crippen LogP contribution is -2.04. The van der Waals surface area contributed by atoms with Gasteiger partial charge in [0.25, 0.3) is 0 Å². The molecule has 0 aromatic heterocycles. The van der Waals surface area contributed by atoms with Crippen molar-refractivity contribution in [3.05, 3.63) is 120 Å². The summed E-state index contributed by atoms with van der Waals surface area (Å²) < 4.78 is 80.4. The number of fused-ring (bicyclic) bond motifs is 4. The van der Waals surface area contributed by atoms with E-state index in [0.717, 1.165) is 79.2 Å². The predicted molar refractivity (Wildman–Crippen MR) is 147 cm³/mol. The summed E-state index contributed by atoms with van der Waals surface area (Å²) in [6, 6.07) is 29.8. The van der Waals surface area contributed by atoms with Crippen molar-refractivity contribution < 1.29 is 26.3 Å². The van der Waals surface area contributed by atoms with Gasteiger partial charge in [0, 0.05) is 0 Å². The van der Waals surface area contributed by atoms with Crippen LogP contribution in [0, 0.1) is 0 Å². The molecular formula is C34H18F6. The van der Waals surface area contributed by atoms with E-state index >= 15 is 0 Å². The van der Waals surface area contributed by atoms with Gasteiger partial charge in [0.2, 0.25) is 0 Å². The summed E-state index contributed by atoms with van der Waals surface area (Å²) in [6.07, 6.45) is -8.92. The fraction of sp³-hybridized carbons (Fsp3) is 0.0588. The molecule has 0 bridgehead atoms. The van der Waals surface area contributed by atoms with E-state index in [1.807, 2.05) is 60.7 Å². The first-order valence-electron chi connectivity index (χ1n) is 12.6. The standard InChI is InChI=1S/C34H18F6/c35-33(36,37)22-15-11-20(12-16-22)29-24-7-1-2-8-25(24)30(21-13-17-23(18-14-21)34(38,39)40)32-27-10-4-6-19-5-3-9-26(28(19)27)31(29)32/h1-18H. The van der Waals surface area contributed by atoms with Crippen molar-refractivity contribution in [3.8, 4) is 44.5 Å². The molecule has 6 aromatic rings. The number of halogens is 6. The Labute approximate surface area is 225 Å². The summed E-state index contributed by atoms with van der Waals surface area (Å²) in [5.74, 6) is 0. The summed E-state index contributed by atoms with van der Waals surface area (Å²) >= 11 is 0. The van der Waals surface area contributed by atoms with Gasteiger partial charge < -0.3 is 0 Å². The molecule has 6 aromatic carbocycles. The van der Waals surface area contributed by atoms with Crippen molar-refractivity contribution >= 4 is 21.5 Å². The summed E-state index contributed by atoms with van der Waals surface area (Å²) in [5.41, 5.74) is 4.98. The minimum absolute atomic E-state index is 0.629. The molecule has 1 aliphatic rings. The van der Waals surface area contributed by atoms with Gasteiger partial charge in [-0.05, 0) is 90.3 Å². The number of hydrogen-bond acceptors (Lipinski definition) is 0. The molecule has 0 amide bonds. The molecule has 1 aliphatic carbocycles. The third kappa shape index (κ3) is 3.63. The zero-order valence-electron chi connectivity index (χ0n) is 20.7. The third-order valence-electron chi connectivity index (χ3n) is 7.66. The third-order valence-corrected chi connectivity index (χ3v) is 7.66. The van der Waals surface area contributed by atoms with Gasteiger partial charge >= 0.3 is 12.4 Å². The van der Waals surface area contributed by atoms with Crippen LogP contribution in [0.1, 0.15) is 11.1 Å². The minimum Gasteiger partial charge on any atom is -0.166 e. The molecule has 0 saturated carbocycles. The minimum atomic E-state index is -4.46. The van der Waals surface area contributed by atoms with Crippen LogP contribution in [0.2, 0.25) is 0 Å². The molecule has 40 heavy (non-hydrogen) atoms. The van der Waals surface area contributed by atoms with Gasteiger partial charge in [-0.1, -0.05) is 84.9 Å². The molecule has 0 aliphatic heterocycles. The second kappa shape index (κ2) is 8.46. The largest absolute Gasteiger partial charge is 0.416 e. The Morgan fingerprint density at radius 2 is 0.775 bits per heavy atom. The van der Waals surface area contributed by atoms with E-state index in [4.69, 9.17) is 0 Å². The fourth-order valence-electron chi connectivity index (χ4n) is 5.99. The van der Waals surface area contributed by atoms with Gasteiger partial charge in [-0.3, -0.25) is 0 Å². The molecule has 0 spiro atoms.